The van der Waals surface area contributed by atoms with Gasteiger partial charge in [-0.1, -0.05) is 27.5 Å². The molecular weight excluding hydrogens is 352 g/mol. The molecule has 0 radical (unpaired) electrons. The monoisotopic (exact) mass is 370 g/mol. The zero-order chi connectivity index (χ0) is 14.8. The molecule has 2 atom stereocenters. The minimum Gasteiger partial charge on any atom is -0.334 e. The highest BCUT2D eigenvalue weighted by Gasteiger charge is 2.35. The van der Waals surface area contributed by atoms with Crippen LogP contribution in [0, 0.1) is 0 Å². The average molecular weight is 372 g/mol. The summed E-state index contributed by atoms with van der Waals surface area (Å²) in [7, 11) is 0. The molecule has 3 rings (SSSR count). The molecule has 2 heterocycles. The highest BCUT2D eigenvalue weighted by molar-refractivity contribution is 9.10. The Morgan fingerprint density at radius 2 is 2.14 bits per heavy atom. The highest BCUT2D eigenvalue weighted by Crippen LogP contribution is 2.28. The molecule has 3 nitrogen and oxygen atoms in total. The maximum atomic E-state index is 12.9. The van der Waals surface area contributed by atoms with Crippen LogP contribution in [0.3, 0.4) is 0 Å². The van der Waals surface area contributed by atoms with Gasteiger partial charge in [-0.2, -0.15) is 0 Å². The van der Waals surface area contributed by atoms with Gasteiger partial charge in [-0.25, -0.2) is 0 Å². The summed E-state index contributed by atoms with van der Waals surface area (Å²) in [6.07, 6.45) is 5.76. The second kappa shape index (κ2) is 6.67. The molecule has 5 heteroatoms. The van der Waals surface area contributed by atoms with Crippen LogP contribution in [0.5, 0.6) is 0 Å². The van der Waals surface area contributed by atoms with Crippen LogP contribution in [0.15, 0.2) is 22.7 Å². The largest absolute Gasteiger partial charge is 0.334 e. The van der Waals surface area contributed by atoms with Crippen LogP contribution in [-0.2, 0) is 0 Å². The molecule has 114 valence electrons. The number of hydrogen-bond acceptors (Lipinski definition) is 2. The molecule has 0 aromatic heterocycles. The quantitative estimate of drug-likeness (QED) is 0.856. The zero-order valence-electron chi connectivity index (χ0n) is 11.9. The van der Waals surface area contributed by atoms with Crippen LogP contribution < -0.4 is 5.32 Å². The van der Waals surface area contributed by atoms with E-state index in [0.717, 1.165) is 30.4 Å². The fourth-order valence-electron chi connectivity index (χ4n) is 3.48. The molecule has 1 N–H and O–H groups in total. The Morgan fingerprint density at radius 3 is 2.90 bits per heavy atom. The van der Waals surface area contributed by atoms with Gasteiger partial charge in [0.25, 0.3) is 5.91 Å². The fourth-order valence-corrected chi connectivity index (χ4v) is 4.04. The van der Waals surface area contributed by atoms with Crippen LogP contribution in [-0.4, -0.2) is 36.0 Å². The van der Waals surface area contributed by atoms with E-state index in [1.807, 2.05) is 17.0 Å². The fraction of sp³-hybridized carbons (Fsp3) is 0.562. The van der Waals surface area contributed by atoms with Gasteiger partial charge in [-0.3, -0.25) is 4.79 Å². The predicted molar refractivity (Wildman–Crippen MR) is 88.9 cm³/mol. The molecule has 1 amide bonds. The molecule has 2 unspecified atom stereocenters. The molecule has 0 spiro atoms. The molecule has 0 bridgehead atoms. The van der Waals surface area contributed by atoms with Gasteiger partial charge in [0, 0.05) is 23.1 Å². The minimum absolute atomic E-state index is 0.0692. The number of nitrogens with zero attached hydrogens (tertiary/aromatic N) is 1. The number of halogens is 2. The molecular formula is C16H20BrClN2O. The highest BCUT2D eigenvalue weighted by atomic mass is 79.9. The van der Waals surface area contributed by atoms with Crippen molar-refractivity contribution in [1.29, 1.82) is 0 Å². The van der Waals surface area contributed by atoms with Gasteiger partial charge in [0.05, 0.1) is 10.6 Å². The Kier molecular flexibility index (Phi) is 4.87. The van der Waals surface area contributed by atoms with Crippen molar-refractivity contribution in [2.24, 2.45) is 0 Å². The molecule has 2 aliphatic heterocycles. The van der Waals surface area contributed by atoms with Crippen molar-refractivity contribution in [3.05, 3.63) is 33.3 Å². The molecule has 2 fully saturated rings. The smallest absolute Gasteiger partial charge is 0.255 e. The minimum atomic E-state index is 0.0692. The summed E-state index contributed by atoms with van der Waals surface area (Å²) in [5.41, 5.74) is 0.607. The van der Waals surface area contributed by atoms with Crippen molar-refractivity contribution in [2.75, 3.05) is 13.1 Å². The van der Waals surface area contributed by atoms with Crippen LogP contribution in [0.4, 0.5) is 0 Å². The molecule has 2 aliphatic rings. The van der Waals surface area contributed by atoms with Gasteiger partial charge in [-0.15, -0.1) is 0 Å². The van der Waals surface area contributed by atoms with Crippen molar-refractivity contribution in [1.82, 2.24) is 10.2 Å². The Labute approximate surface area is 139 Å². The van der Waals surface area contributed by atoms with Crippen LogP contribution in [0.25, 0.3) is 0 Å². The number of benzene rings is 1. The van der Waals surface area contributed by atoms with Gasteiger partial charge in [0.1, 0.15) is 0 Å². The van der Waals surface area contributed by atoms with Gasteiger partial charge in [0.15, 0.2) is 0 Å². The number of hydrogen-bond donors (Lipinski definition) is 1. The maximum Gasteiger partial charge on any atom is 0.255 e. The lowest BCUT2D eigenvalue weighted by Crippen LogP contribution is -2.52. The number of amides is 1. The molecule has 0 aliphatic carbocycles. The third-order valence-electron chi connectivity index (χ3n) is 4.53. The summed E-state index contributed by atoms with van der Waals surface area (Å²) in [5, 5.41) is 4.09. The number of nitrogens with one attached hydrogen (secondary N) is 1. The Bertz CT molecular complexity index is 531. The third-order valence-corrected chi connectivity index (χ3v) is 5.35. The van der Waals surface area contributed by atoms with Crippen LogP contribution in [0.1, 0.15) is 42.5 Å². The molecule has 2 saturated heterocycles. The standard InChI is InChI=1S/C16H20BrClN2O/c17-11-6-7-13(18)12(10-11)16(21)20-9-2-1-5-15(20)14-4-3-8-19-14/h6-7,10,14-15,19H,1-5,8-9H2. The van der Waals surface area contributed by atoms with Crippen LogP contribution >= 0.6 is 27.5 Å². The number of rotatable bonds is 2. The molecule has 1 aromatic rings. The maximum absolute atomic E-state index is 12.9. The van der Waals surface area contributed by atoms with Crippen molar-refractivity contribution < 1.29 is 4.79 Å². The lowest BCUT2D eigenvalue weighted by atomic mass is 9.93. The van der Waals surface area contributed by atoms with E-state index < -0.39 is 0 Å². The van der Waals surface area contributed by atoms with E-state index in [2.05, 4.69) is 21.2 Å². The molecule has 1 aromatic carbocycles. The Balaban J connectivity index is 1.85. The van der Waals surface area contributed by atoms with Gasteiger partial charge >= 0.3 is 0 Å². The van der Waals surface area contributed by atoms with Crippen molar-refractivity contribution in [3.63, 3.8) is 0 Å². The van der Waals surface area contributed by atoms with Crippen molar-refractivity contribution >= 4 is 33.4 Å². The van der Waals surface area contributed by atoms with Crippen molar-refractivity contribution in [2.45, 2.75) is 44.2 Å². The molecule has 0 saturated carbocycles. The predicted octanol–water partition coefficient (Wildman–Crippen LogP) is 3.85. The number of carbonyl (C=O) groups is 1. The first kappa shape index (κ1) is 15.3. The summed E-state index contributed by atoms with van der Waals surface area (Å²) >= 11 is 9.66. The summed E-state index contributed by atoms with van der Waals surface area (Å²) in [4.78, 5) is 15.0. The Morgan fingerprint density at radius 1 is 1.29 bits per heavy atom. The first-order chi connectivity index (χ1) is 10.2. The number of carbonyl (C=O) groups excluding carboxylic acids is 1. The summed E-state index contributed by atoms with van der Waals surface area (Å²) in [5.74, 6) is 0.0692. The molecule has 21 heavy (non-hydrogen) atoms. The third kappa shape index (κ3) is 3.27. The summed E-state index contributed by atoms with van der Waals surface area (Å²) in [6, 6.07) is 6.24. The first-order valence-electron chi connectivity index (χ1n) is 7.66. The van der Waals surface area contributed by atoms with Crippen molar-refractivity contribution in [3.8, 4) is 0 Å². The lowest BCUT2D eigenvalue weighted by molar-refractivity contribution is 0.0563. The second-order valence-electron chi connectivity index (χ2n) is 5.89. The van der Waals surface area contributed by atoms with E-state index in [4.69, 9.17) is 11.6 Å². The average Bonchev–Trinajstić information content (AvgIpc) is 3.03. The normalized spacial score (nSPS) is 26.1. The van der Waals surface area contributed by atoms with E-state index in [1.165, 1.54) is 19.3 Å². The number of piperidine rings is 1. The number of likely N-dealkylation sites (tertiary alicyclic amines) is 1. The topological polar surface area (TPSA) is 32.3 Å². The lowest BCUT2D eigenvalue weighted by Gasteiger charge is -2.39. The van der Waals surface area contributed by atoms with Gasteiger partial charge in [0.2, 0.25) is 0 Å². The van der Waals surface area contributed by atoms with Gasteiger partial charge in [-0.05, 0) is 56.8 Å². The Hall–Kier alpha value is -0.580. The van der Waals surface area contributed by atoms with E-state index >= 15 is 0 Å². The zero-order valence-corrected chi connectivity index (χ0v) is 14.3. The summed E-state index contributed by atoms with van der Waals surface area (Å²) in [6.45, 7) is 1.91. The first-order valence-corrected chi connectivity index (χ1v) is 8.83. The van der Waals surface area contributed by atoms with Crippen LogP contribution in [0.2, 0.25) is 5.02 Å². The van der Waals surface area contributed by atoms with E-state index in [1.54, 1.807) is 6.07 Å². The van der Waals surface area contributed by atoms with E-state index in [-0.39, 0.29) is 5.91 Å². The van der Waals surface area contributed by atoms with E-state index in [0.29, 0.717) is 22.7 Å². The summed E-state index contributed by atoms with van der Waals surface area (Å²) < 4.78 is 0.891. The van der Waals surface area contributed by atoms with E-state index in [9.17, 15) is 4.79 Å². The second-order valence-corrected chi connectivity index (χ2v) is 7.21. The SMILES string of the molecule is O=C(c1cc(Br)ccc1Cl)N1CCCCC1C1CCCN1. The van der Waals surface area contributed by atoms with Gasteiger partial charge < -0.3 is 10.2 Å².